The summed E-state index contributed by atoms with van der Waals surface area (Å²) in [7, 11) is 0. The first-order chi connectivity index (χ1) is 9.56. The average molecular weight is 310 g/mol. The Morgan fingerprint density at radius 3 is 2.75 bits per heavy atom. The van der Waals surface area contributed by atoms with Crippen LogP contribution in [0.5, 0.6) is 0 Å². The molecule has 0 spiro atoms. The normalized spacial score (nSPS) is 10.2. The molecule has 0 saturated carbocycles. The molecule has 4 nitrogen and oxygen atoms in total. The predicted molar refractivity (Wildman–Crippen MR) is 79.7 cm³/mol. The average Bonchev–Trinajstić information content (AvgIpc) is 2.83. The number of carboxylic acids is 1. The van der Waals surface area contributed by atoms with E-state index in [0.717, 1.165) is 5.56 Å². The van der Waals surface area contributed by atoms with Crippen LogP contribution in [0.4, 0.5) is 5.69 Å². The molecule has 0 radical (unpaired) electrons. The van der Waals surface area contributed by atoms with Gasteiger partial charge in [0.2, 0.25) is 0 Å². The zero-order valence-corrected chi connectivity index (χ0v) is 12.0. The van der Waals surface area contributed by atoms with Crippen molar-refractivity contribution in [3.8, 4) is 0 Å². The third-order valence-electron chi connectivity index (χ3n) is 2.64. The van der Waals surface area contributed by atoms with E-state index in [0.29, 0.717) is 22.0 Å². The van der Waals surface area contributed by atoms with E-state index in [-0.39, 0.29) is 12.3 Å². The number of amides is 1. The summed E-state index contributed by atoms with van der Waals surface area (Å²) in [6.07, 6.45) is 0.493. The van der Waals surface area contributed by atoms with Crippen LogP contribution in [-0.2, 0) is 11.2 Å². The van der Waals surface area contributed by atoms with Crippen molar-refractivity contribution in [2.75, 3.05) is 5.32 Å². The number of anilines is 1. The van der Waals surface area contributed by atoms with Crippen LogP contribution in [-0.4, -0.2) is 17.0 Å². The molecule has 0 fully saturated rings. The maximum Gasteiger partial charge on any atom is 0.303 e. The maximum atomic E-state index is 12.0. The lowest BCUT2D eigenvalue weighted by Gasteiger charge is -2.06. The second-order valence-electron chi connectivity index (χ2n) is 4.15. The highest BCUT2D eigenvalue weighted by molar-refractivity contribution is 7.12. The molecule has 20 heavy (non-hydrogen) atoms. The molecule has 0 bridgehead atoms. The number of carbonyl (C=O) groups is 2. The van der Waals surface area contributed by atoms with Gasteiger partial charge in [-0.15, -0.1) is 11.3 Å². The number of hydrogen-bond donors (Lipinski definition) is 2. The van der Waals surface area contributed by atoms with E-state index in [1.807, 2.05) is 6.07 Å². The van der Waals surface area contributed by atoms with Crippen molar-refractivity contribution < 1.29 is 14.7 Å². The van der Waals surface area contributed by atoms with Crippen LogP contribution in [0.1, 0.15) is 21.7 Å². The number of aliphatic carboxylic acids is 1. The lowest BCUT2D eigenvalue weighted by atomic mass is 10.1. The van der Waals surface area contributed by atoms with Gasteiger partial charge in [-0.3, -0.25) is 9.59 Å². The van der Waals surface area contributed by atoms with Crippen LogP contribution < -0.4 is 5.32 Å². The van der Waals surface area contributed by atoms with E-state index in [2.05, 4.69) is 5.32 Å². The molecule has 0 saturated heterocycles. The SMILES string of the molecule is O=C(O)CCc1cccc(NC(=O)c2sccc2Cl)c1. The molecule has 1 heterocycles. The second kappa shape index (κ2) is 6.54. The second-order valence-corrected chi connectivity index (χ2v) is 5.47. The highest BCUT2D eigenvalue weighted by atomic mass is 35.5. The minimum absolute atomic E-state index is 0.0636. The minimum Gasteiger partial charge on any atom is -0.481 e. The fourth-order valence-electron chi connectivity index (χ4n) is 1.70. The first-order valence-electron chi connectivity index (χ1n) is 5.91. The molecule has 0 aliphatic heterocycles. The van der Waals surface area contributed by atoms with Crippen molar-refractivity contribution in [2.24, 2.45) is 0 Å². The van der Waals surface area contributed by atoms with Crippen LogP contribution in [0.15, 0.2) is 35.7 Å². The Hall–Kier alpha value is -1.85. The van der Waals surface area contributed by atoms with E-state index < -0.39 is 5.97 Å². The number of nitrogens with one attached hydrogen (secondary N) is 1. The molecule has 1 amide bonds. The summed E-state index contributed by atoms with van der Waals surface area (Å²) in [5, 5.41) is 13.6. The van der Waals surface area contributed by atoms with E-state index in [1.165, 1.54) is 11.3 Å². The quantitative estimate of drug-likeness (QED) is 0.885. The molecule has 1 aromatic carbocycles. The van der Waals surface area contributed by atoms with Crippen molar-refractivity contribution in [1.82, 2.24) is 0 Å². The number of carboxylic acid groups (broad SMARTS) is 1. The fraction of sp³-hybridized carbons (Fsp3) is 0.143. The predicted octanol–water partition coefficient (Wildman–Crippen LogP) is 3.67. The van der Waals surface area contributed by atoms with Crippen molar-refractivity contribution >= 4 is 40.5 Å². The Labute approximate surface area is 125 Å². The molecular weight excluding hydrogens is 298 g/mol. The lowest BCUT2D eigenvalue weighted by Crippen LogP contribution is -2.10. The molecule has 104 valence electrons. The van der Waals surface area contributed by atoms with E-state index in [9.17, 15) is 9.59 Å². The van der Waals surface area contributed by atoms with Crippen molar-refractivity contribution in [1.29, 1.82) is 0 Å². The Bertz CT molecular complexity index is 639. The molecule has 2 N–H and O–H groups in total. The van der Waals surface area contributed by atoms with Crippen LogP contribution >= 0.6 is 22.9 Å². The van der Waals surface area contributed by atoms with Crippen molar-refractivity contribution in [3.05, 3.63) is 51.2 Å². The molecular formula is C14H12ClNO3S. The maximum absolute atomic E-state index is 12.0. The third-order valence-corrected chi connectivity index (χ3v) is 3.98. The van der Waals surface area contributed by atoms with Crippen LogP contribution in [0.3, 0.4) is 0 Å². The van der Waals surface area contributed by atoms with Gasteiger partial charge < -0.3 is 10.4 Å². The van der Waals surface area contributed by atoms with Gasteiger partial charge in [-0.1, -0.05) is 23.7 Å². The molecule has 0 atom stereocenters. The zero-order valence-electron chi connectivity index (χ0n) is 10.4. The fourth-order valence-corrected chi connectivity index (χ4v) is 2.74. The van der Waals surface area contributed by atoms with Gasteiger partial charge in [0, 0.05) is 12.1 Å². The molecule has 0 unspecified atom stereocenters. The summed E-state index contributed by atoms with van der Waals surface area (Å²) < 4.78 is 0. The van der Waals surface area contributed by atoms with Gasteiger partial charge in [0.05, 0.1) is 5.02 Å². The first-order valence-corrected chi connectivity index (χ1v) is 7.17. The molecule has 2 rings (SSSR count). The highest BCUT2D eigenvalue weighted by Gasteiger charge is 2.12. The van der Waals surface area contributed by atoms with Gasteiger partial charge in [-0.05, 0) is 35.6 Å². The molecule has 1 aromatic heterocycles. The highest BCUT2D eigenvalue weighted by Crippen LogP contribution is 2.23. The van der Waals surface area contributed by atoms with Gasteiger partial charge in [-0.2, -0.15) is 0 Å². The monoisotopic (exact) mass is 309 g/mol. The number of thiophene rings is 1. The smallest absolute Gasteiger partial charge is 0.303 e. The third kappa shape index (κ3) is 3.82. The number of carbonyl (C=O) groups excluding carboxylic acids is 1. The summed E-state index contributed by atoms with van der Waals surface area (Å²) in [6, 6.07) is 8.80. The van der Waals surface area contributed by atoms with Gasteiger partial charge in [0.25, 0.3) is 5.91 Å². The van der Waals surface area contributed by atoms with Crippen LogP contribution in [0.2, 0.25) is 5.02 Å². The Morgan fingerprint density at radius 1 is 1.30 bits per heavy atom. The number of hydrogen-bond acceptors (Lipinski definition) is 3. The number of aryl methyl sites for hydroxylation is 1. The molecule has 2 aromatic rings. The first kappa shape index (κ1) is 14.6. The summed E-state index contributed by atoms with van der Waals surface area (Å²) in [4.78, 5) is 23.0. The zero-order chi connectivity index (χ0) is 14.5. The van der Waals surface area contributed by atoms with Crippen LogP contribution in [0.25, 0.3) is 0 Å². The van der Waals surface area contributed by atoms with E-state index in [1.54, 1.807) is 29.6 Å². The number of benzene rings is 1. The van der Waals surface area contributed by atoms with Crippen molar-refractivity contribution in [3.63, 3.8) is 0 Å². The van der Waals surface area contributed by atoms with Crippen molar-refractivity contribution in [2.45, 2.75) is 12.8 Å². The largest absolute Gasteiger partial charge is 0.481 e. The van der Waals surface area contributed by atoms with Gasteiger partial charge >= 0.3 is 5.97 Å². The summed E-state index contributed by atoms with van der Waals surface area (Å²) in [5.41, 5.74) is 1.49. The molecule has 0 aliphatic rings. The van der Waals surface area contributed by atoms with E-state index in [4.69, 9.17) is 16.7 Å². The topological polar surface area (TPSA) is 66.4 Å². The minimum atomic E-state index is -0.843. The Kier molecular flexibility index (Phi) is 4.76. The summed E-state index contributed by atoms with van der Waals surface area (Å²) in [6.45, 7) is 0. The summed E-state index contributed by atoms with van der Waals surface area (Å²) in [5.74, 6) is -1.11. The Morgan fingerprint density at radius 2 is 2.10 bits per heavy atom. The molecule has 6 heteroatoms. The summed E-state index contributed by atoms with van der Waals surface area (Å²) >= 11 is 7.17. The van der Waals surface area contributed by atoms with Gasteiger partial charge in [0.1, 0.15) is 4.88 Å². The van der Waals surface area contributed by atoms with Gasteiger partial charge in [0.15, 0.2) is 0 Å². The lowest BCUT2D eigenvalue weighted by molar-refractivity contribution is -0.136. The number of halogens is 1. The Balaban J connectivity index is 2.06. The van der Waals surface area contributed by atoms with Gasteiger partial charge in [-0.25, -0.2) is 0 Å². The standard InChI is InChI=1S/C14H12ClNO3S/c15-11-6-7-20-13(11)14(19)16-10-3-1-2-9(8-10)4-5-12(17)18/h1-3,6-8H,4-5H2,(H,16,19)(H,17,18). The van der Waals surface area contributed by atoms with Crippen LogP contribution in [0, 0.1) is 0 Å². The van der Waals surface area contributed by atoms with E-state index >= 15 is 0 Å². The molecule has 0 aliphatic carbocycles. The number of rotatable bonds is 5.